The van der Waals surface area contributed by atoms with Gasteiger partial charge in [0, 0.05) is 42.3 Å². The summed E-state index contributed by atoms with van der Waals surface area (Å²) < 4.78 is 2.01. The molecule has 0 bridgehead atoms. The minimum absolute atomic E-state index is 0.0521. The lowest BCUT2D eigenvalue weighted by Gasteiger charge is -2.12. The van der Waals surface area contributed by atoms with E-state index < -0.39 is 0 Å². The number of benzene rings is 6. The molecule has 7 aromatic rings. The Labute approximate surface area is 306 Å². The van der Waals surface area contributed by atoms with Crippen LogP contribution in [0.4, 0.5) is 0 Å². The quantitative estimate of drug-likeness (QED) is 0.156. The van der Waals surface area contributed by atoms with Gasteiger partial charge in [0.2, 0.25) is 0 Å². The summed E-state index contributed by atoms with van der Waals surface area (Å²) in [4.78, 5) is 32.3. The highest BCUT2D eigenvalue weighted by Crippen LogP contribution is 2.34. The average Bonchev–Trinajstić information content (AvgIpc) is 3.82. The van der Waals surface area contributed by atoms with Gasteiger partial charge in [0.05, 0.1) is 17.1 Å². The number of amidine groups is 1. The van der Waals surface area contributed by atoms with Crippen molar-refractivity contribution in [3.8, 4) is 33.9 Å². The lowest BCUT2D eigenvalue weighted by Crippen LogP contribution is -2.10. The molecule has 0 aliphatic carbocycles. The van der Waals surface area contributed by atoms with E-state index in [1.54, 1.807) is 0 Å². The predicted octanol–water partition coefficient (Wildman–Crippen LogP) is 11.2. The van der Waals surface area contributed by atoms with Gasteiger partial charge in [-0.2, -0.15) is 0 Å². The van der Waals surface area contributed by atoms with Crippen LogP contribution in [0.5, 0.6) is 0 Å². The molecule has 240 valence electrons. The molecule has 0 amide bonds. The van der Waals surface area contributed by atoms with Crippen molar-refractivity contribution in [1.29, 1.82) is 0 Å². The molecule has 8 rings (SSSR count). The van der Waals surface area contributed by atoms with Crippen LogP contribution in [-0.4, -0.2) is 27.3 Å². The van der Waals surface area contributed by atoms with Crippen molar-refractivity contribution >= 4 is 49.2 Å². The highest BCUT2D eigenvalue weighted by Gasteiger charge is 2.27. The number of hydrogen-bond donors (Lipinski definition) is 1. The first-order valence-electron chi connectivity index (χ1n) is 16.1. The molecule has 0 saturated heterocycles. The Morgan fingerprint density at radius 2 is 1.06 bits per heavy atom. The number of aromatic amines is 1. The van der Waals surface area contributed by atoms with E-state index in [2.05, 4.69) is 61.1 Å². The zero-order chi connectivity index (χ0) is 34.0. The SMILES string of the molecule is O=C(c1ccc(C2=NC(c3ccc(Br)cc3)=N[C@H]2c2ccccc2)cc1)c1ccc(-c2nc(-c3ccc(Br)cc3)[nH]c2-c2ccccc2)cc1. The lowest BCUT2D eigenvalue weighted by atomic mass is 9.95. The minimum atomic E-state index is -0.240. The third-order valence-corrected chi connectivity index (χ3v) is 9.76. The van der Waals surface area contributed by atoms with Crippen LogP contribution in [0.25, 0.3) is 33.9 Å². The second kappa shape index (κ2) is 13.8. The van der Waals surface area contributed by atoms with Crippen molar-refractivity contribution in [3.05, 3.63) is 194 Å². The van der Waals surface area contributed by atoms with Crippen LogP contribution in [0.3, 0.4) is 0 Å². The molecule has 0 radical (unpaired) electrons. The van der Waals surface area contributed by atoms with E-state index in [0.717, 1.165) is 65.3 Å². The number of nitrogens with one attached hydrogen (secondary N) is 1. The number of carbonyl (C=O) groups is 1. The zero-order valence-corrected chi connectivity index (χ0v) is 29.8. The highest BCUT2D eigenvalue weighted by molar-refractivity contribution is 9.10. The first-order valence-corrected chi connectivity index (χ1v) is 17.7. The fourth-order valence-electron chi connectivity index (χ4n) is 6.09. The van der Waals surface area contributed by atoms with Gasteiger partial charge < -0.3 is 4.98 Å². The van der Waals surface area contributed by atoms with Crippen molar-refractivity contribution in [3.63, 3.8) is 0 Å². The summed E-state index contributed by atoms with van der Waals surface area (Å²) in [6.45, 7) is 0. The highest BCUT2D eigenvalue weighted by atomic mass is 79.9. The first kappa shape index (κ1) is 31.7. The number of aliphatic imine (C=N–C) groups is 2. The Bertz CT molecular complexity index is 2360. The molecule has 1 aliphatic heterocycles. The zero-order valence-electron chi connectivity index (χ0n) is 26.6. The summed E-state index contributed by atoms with van der Waals surface area (Å²) in [5.74, 6) is 1.42. The Morgan fingerprint density at radius 1 is 0.540 bits per heavy atom. The van der Waals surface area contributed by atoms with E-state index in [1.807, 2.05) is 133 Å². The summed E-state index contributed by atoms with van der Waals surface area (Å²) in [5, 5.41) is 0. The average molecular weight is 777 g/mol. The maximum absolute atomic E-state index is 13.7. The third-order valence-electron chi connectivity index (χ3n) is 8.70. The summed E-state index contributed by atoms with van der Waals surface area (Å²) in [6.07, 6.45) is 0. The number of carbonyl (C=O) groups excluding carboxylic acids is 1. The van der Waals surface area contributed by atoms with Gasteiger partial charge in [-0.05, 0) is 35.4 Å². The first-order chi connectivity index (χ1) is 24.5. The predicted molar refractivity (Wildman–Crippen MR) is 209 cm³/mol. The lowest BCUT2D eigenvalue weighted by molar-refractivity contribution is 0.103. The van der Waals surface area contributed by atoms with Crippen LogP contribution < -0.4 is 0 Å². The van der Waals surface area contributed by atoms with Gasteiger partial charge in [-0.15, -0.1) is 0 Å². The van der Waals surface area contributed by atoms with E-state index in [0.29, 0.717) is 17.0 Å². The molecule has 0 fully saturated rings. The van der Waals surface area contributed by atoms with Crippen molar-refractivity contribution in [1.82, 2.24) is 9.97 Å². The Hall–Kier alpha value is -5.50. The number of hydrogen-bond acceptors (Lipinski definition) is 4. The normalized spacial score (nSPS) is 13.9. The molecule has 1 aromatic heterocycles. The van der Waals surface area contributed by atoms with Crippen molar-refractivity contribution in [2.24, 2.45) is 9.98 Å². The van der Waals surface area contributed by atoms with Crippen LogP contribution >= 0.6 is 31.9 Å². The summed E-state index contributed by atoms with van der Waals surface area (Å²) >= 11 is 7.03. The van der Waals surface area contributed by atoms with Crippen LogP contribution in [0.2, 0.25) is 0 Å². The summed E-state index contributed by atoms with van der Waals surface area (Å²) in [5.41, 5.74) is 9.70. The van der Waals surface area contributed by atoms with Crippen LogP contribution in [-0.2, 0) is 0 Å². The van der Waals surface area contributed by atoms with Crippen LogP contribution in [0.15, 0.2) is 177 Å². The number of nitrogens with zero attached hydrogens (tertiary/aromatic N) is 3. The van der Waals surface area contributed by atoms with E-state index in [9.17, 15) is 4.79 Å². The van der Waals surface area contributed by atoms with Gasteiger partial charge >= 0.3 is 0 Å². The topological polar surface area (TPSA) is 70.5 Å². The molecule has 6 aromatic carbocycles. The second-order valence-electron chi connectivity index (χ2n) is 11.9. The van der Waals surface area contributed by atoms with Gasteiger partial charge in [0.15, 0.2) is 11.6 Å². The van der Waals surface area contributed by atoms with Gasteiger partial charge in [0.25, 0.3) is 0 Å². The number of rotatable bonds is 8. The number of ketones is 1. The Balaban J connectivity index is 1.07. The molecular weight excluding hydrogens is 748 g/mol. The van der Waals surface area contributed by atoms with E-state index in [-0.39, 0.29) is 11.8 Å². The number of H-pyrrole nitrogens is 1. The van der Waals surface area contributed by atoms with Crippen LogP contribution in [0, 0.1) is 0 Å². The van der Waals surface area contributed by atoms with E-state index in [4.69, 9.17) is 15.0 Å². The van der Waals surface area contributed by atoms with Gasteiger partial charge in [0.1, 0.15) is 11.9 Å². The molecule has 1 N–H and O–H groups in total. The maximum Gasteiger partial charge on any atom is 0.193 e. The fraction of sp³-hybridized carbons (Fsp3) is 0.0233. The number of halogens is 2. The number of aromatic nitrogens is 2. The largest absolute Gasteiger partial charge is 0.337 e. The van der Waals surface area contributed by atoms with Crippen molar-refractivity contribution < 1.29 is 4.79 Å². The molecule has 50 heavy (non-hydrogen) atoms. The molecule has 0 saturated carbocycles. The molecule has 0 unspecified atom stereocenters. The van der Waals surface area contributed by atoms with Gasteiger partial charge in [-0.25, -0.2) is 9.98 Å². The third kappa shape index (κ3) is 6.45. The molecule has 1 aliphatic rings. The van der Waals surface area contributed by atoms with Crippen molar-refractivity contribution in [2.75, 3.05) is 0 Å². The molecule has 7 heteroatoms. The minimum Gasteiger partial charge on any atom is -0.337 e. The Morgan fingerprint density at radius 3 is 1.66 bits per heavy atom. The summed E-state index contributed by atoms with van der Waals surface area (Å²) in [6, 6.07) is 51.6. The molecule has 0 spiro atoms. The molecule has 1 atom stereocenters. The fourth-order valence-corrected chi connectivity index (χ4v) is 6.62. The van der Waals surface area contributed by atoms with Crippen molar-refractivity contribution in [2.45, 2.75) is 6.04 Å². The Kier molecular flexibility index (Phi) is 8.75. The smallest absolute Gasteiger partial charge is 0.193 e. The van der Waals surface area contributed by atoms with Gasteiger partial charge in [-0.3, -0.25) is 9.79 Å². The monoisotopic (exact) mass is 774 g/mol. The standard InChI is InChI=1S/C43H28Br2N4O/c44-35-23-19-33(20-24-35)42-46-37(27-7-3-1-4-8-27)39(48-42)29-11-15-31(16-12-29)41(50)32-17-13-30(14-18-32)40-38(28-9-5-2-6-10-28)47-43(49-40)34-21-25-36(45)26-22-34/h1-26,37H,(H,47,49)/t37-/m0/s1. The molecule has 5 nitrogen and oxygen atoms in total. The maximum atomic E-state index is 13.7. The number of imidazole rings is 1. The van der Waals surface area contributed by atoms with Gasteiger partial charge in [-0.1, -0.05) is 165 Å². The summed E-state index contributed by atoms with van der Waals surface area (Å²) in [7, 11) is 0. The second-order valence-corrected chi connectivity index (χ2v) is 13.8. The molecular formula is C43H28Br2N4O. The van der Waals surface area contributed by atoms with Crippen LogP contribution in [0.1, 0.15) is 38.7 Å². The van der Waals surface area contributed by atoms with E-state index >= 15 is 0 Å². The molecule has 2 heterocycles. The van der Waals surface area contributed by atoms with E-state index in [1.165, 1.54) is 0 Å².